The molecule has 0 spiro atoms. The van der Waals surface area contributed by atoms with E-state index >= 15 is 0 Å². The van der Waals surface area contributed by atoms with Crippen molar-refractivity contribution in [3.63, 3.8) is 0 Å². The summed E-state index contributed by atoms with van der Waals surface area (Å²) in [5.74, 6) is 1.41. The molecule has 0 fully saturated rings. The minimum absolute atomic E-state index is 0. The summed E-state index contributed by atoms with van der Waals surface area (Å²) in [6.07, 6.45) is 3.66. The van der Waals surface area contributed by atoms with E-state index in [2.05, 4.69) is 31.5 Å². The molecule has 0 radical (unpaired) electrons. The number of alkyl halides is 2. The number of nitrogens with zero attached hydrogens (tertiary/aromatic N) is 3. The zero-order valence-electron chi connectivity index (χ0n) is 17.8. The highest BCUT2D eigenvalue weighted by atomic mass is 127. The standard InChI is InChI=1S/C22H23F2N5O3.HI/c1-25-22(26-11-15-4-2-5-16(8-15)13-29-7-3-6-28-29)27-12-17-9-19-20(31-14-30-19)10-18(17)32-21(23)24;/h2-10,21H,11-14H2,1H3,(H2,25,26,27);1H. The third-order valence-corrected chi connectivity index (χ3v) is 4.80. The normalized spacial score (nSPS) is 12.4. The van der Waals surface area contributed by atoms with Crippen molar-refractivity contribution in [1.82, 2.24) is 20.4 Å². The van der Waals surface area contributed by atoms with Gasteiger partial charge in [0.05, 0.1) is 6.54 Å². The van der Waals surface area contributed by atoms with Crippen molar-refractivity contribution in [3.8, 4) is 17.2 Å². The van der Waals surface area contributed by atoms with Gasteiger partial charge in [-0.3, -0.25) is 9.67 Å². The Morgan fingerprint density at radius 1 is 1.12 bits per heavy atom. The highest BCUT2D eigenvalue weighted by Crippen LogP contribution is 2.38. The first kappa shape index (κ1) is 24.6. The van der Waals surface area contributed by atoms with Crippen LogP contribution in [0.1, 0.15) is 16.7 Å². The van der Waals surface area contributed by atoms with Crippen LogP contribution < -0.4 is 24.8 Å². The largest absolute Gasteiger partial charge is 0.454 e. The Bertz CT molecular complexity index is 1080. The fraction of sp³-hybridized carbons (Fsp3) is 0.273. The molecule has 2 N–H and O–H groups in total. The van der Waals surface area contributed by atoms with Gasteiger partial charge in [0.25, 0.3) is 0 Å². The molecule has 0 saturated carbocycles. The van der Waals surface area contributed by atoms with Gasteiger partial charge in [0.15, 0.2) is 17.5 Å². The van der Waals surface area contributed by atoms with E-state index in [1.807, 2.05) is 35.1 Å². The van der Waals surface area contributed by atoms with E-state index in [9.17, 15) is 8.78 Å². The number of nitrogens with one attached hydrogen (secondary N) is 2. The van der Waals surface area contributed by atoms with Gasteiger partial charge in [0.1, 0.15) is 5.75 Å². The summed E-state index contributed by atoms with van der Waals surface area (Å²) in [6, 6.07) is 13.1. The molecule has 2 aromatic carbocycles. The van der Waals surface area contributed by atoms with Gasteiger partial charge in [-0.05, 0) is 23.3 Å². The van der Waals surface area contributed by atoms with Crippen LogP contribution in [0.5, 0.6) is 17.2 Å². The lowest BCUT2D eigenvalue weighted by Crippen LogP contribution is -2.36. The van der Waals surface area contributed by atoms with E-state index in [-0.39, 0.29) is 43.1 Å². The van der Waals surface area contributed by atoms with Crippen molar-refractivity contribution in [1.29, 1.82) is 0 Å². The van der Waals surface area contributed by atoms with Crippen LogP contribution in [-0.2, 0) is 19.6 Å². The monoisotopic (exact) mass is 571 g/mol. The fourth-order valence-electron chi connectivity index (χ4n) is 3.31. The fourth-order valence-corrected chi connectivity index (χ4v) is 3.31. The molecule has 0 saturated heterocycles. The van der Waals surface area contributed by atoms with Crippen LogP contribution in [0.2, 0.25) is 0 Å². The first-order valence-electron chi connectivity index (χ1n) is 9.98. The Hall–Kier alpha value is -3.09. The molecule has 0 unspecified atom stereocenters. The Labute approximate surface area is 207 Å². The molecule has 0 amide bonds. The molecule has 0 atom stereocenters. The quantitative estimate of drug-likeness (QED) is 0.244. The maximum atomic E-state index is 12.8. The zero-order chi connectivity index (χ0) is 22.3. The van der Waals surface area contributed by atoms with E-state index in [4.69, 9.17) is 9.47 Å². The number of guanidine groups is 1. The summed E-state index contributed by atoms with van der Waals surface area (Å²) in [7, 11) is 1.64. The number of aromatic nitrogens is 2. The number of ether oxygens (including phenoxy) is 3. The molecule has 0 aliphatic carbocycles. The molecule has 4 rings (SSSR count). The number of benzene rings is 2. The minimum atomic E-state index is -2.94. The minimum Gasteiger partial charge on any atom is -0.454 e. The topological polar surface area (TPSA) is 81.9 Å². The molecule has 2 heterocycles. The maximum absolute atomic E-state index is 12.8. The van der Waals surface area contributed by atoms with E-state index < -0.39 is 6.61 Å². The van der Waals surface area contributed by atoms with Crippen LogP contribution in [0.15, 0.2) is 59.9 Å². The second-order valence-corrected chi connectivity index (χ2v) is 6.99. The SMILES string of the molecule is CN=C(NCc1cccc(Cn2cccn2)c1)NCc1cc2c(cc1OC(F)F)OCO2.I. The van der Waals surface area contributed by atoms with E-state index in [0.717, 1.165) is 11.1 Å². The summed E-state index contributed by atoms with van der Waals surface area (Å²) in [6.45, 7) is -1.47. The number of aliphatic imine (C=N–C) groups is 1. The molecule has 0 bridgehead atoms. The number of halogens is 3. The molecule has 8 nitrogen and oxygen atoms in total. The zero-order valence-corrected chi connectivity index (χ0v) is 20.2. The highest BCUT2D eigenvalue weighted by Gasteiger charge is 2.20. The predicted octanol–water partition coefficient (Wildman–Crippen LogP) is 3.74. The van der Waals surface area contributed by atoms with Crippen LogP contribution in [0, 0.1) is 0 Å². The number of hydrogen-bond donors (Lipinski definition) is 2. The molecule has 1 aliphatic heterocycles. The summed E-state index contributed by atoms with van der Waals surface area (Å²) >= 11 is 0. The van der Waals surface area contributed by atoms with Crippen LogP contribution in [0.4, 0.5) is 8.78 Å². The maximum Gasteiger partial charge on any atom is 0.387 e. The molecular formula is C22H24F2IN5O3. The van der Waals surface area contributed by atoms with E-state index in [0.29, 0.717) is 36.1 Å². The Balaban J connectivity index is 0.00000306. The third kappa shape index (κ3) is 6.70. The Kier molecular flexibility index (Phi) is 8.69. The molecule has 1 aromatic heterocycles. The second-order valence-electron chi connectivity index (χ2n) is 6.99. The summed E-state index contributed by atoms with van der Waals surface area (Å²) in [5, 5.41) is 10.6. The Morgan fingerprint density at radius 2 is 1.88 bits per heavy atom. The molecule has 1 aliphatic rings. The molecule has 11 heteroatoms. The molecule has 33 heavy (non-hydrogen) atoms. The van der Waals surface area contributed by atoms with Crippen LogP contribution in [-0.4, -0.2) is 36.2 Å². The van der Waals surface area contributed by atoms with Crippen molar-refractivity contribution in [2.75, 3.05) is 13.8 Å². The highest BCUT2D eigenvalue weighted by molar-refractivity contribution is 14.0. The van der Waals surface area contributed by atoms with Gasteiger partial charge in [-0.15, -0.1) is 24.0 Å². The second kappa shape index (κ2) is 11.7. The summed E-state index contributed by atoms with van der Waals surface area (Å²) < 4.78 is 42.7. The first-order chi connectivity index (χ1) is 15.6. The van der Waals surface area contributed by atoms with Crippen molar-refractivity contribution in [2.24, 2.45) is 4.99 Å². The van der Waals surface area contributed by atoms with Gasteiger partial charge in [-0.2, -0.15) is 13.9 Å². The average Bonchev–Trinajstić information content (AvgIpc) is 3.45. The number of rotatable bonds is 8. The van der Waals surface area contributed by atoms with Gasteiger partial charge in [0.2, 0.25) is 6.79 Å². The average molecular weight is 571 g/mol. The first-order valence-corrected chi connectivity index (χ1v) is 9.98. The molecule has 176 valence electrons. The van der Waals surface area contributed by atoms with Crippen LogP contribution in [0.3, 0.4) is 0 Å². The summed E-state index contributed by atoms with van der Waals surface area (Å²) in [4.78, 5) is 4.20. The van der Waals surface area contributed by atoms with Gasteiger partial charge in [-0.25, -0.2) is 0 Å². The van der Waals surface area contributed by atoms with Gasteiger partial charge in [0, 0.05) is 44.2 Å². The van der Waals surface area contributed by atoms with Crippen LogP contribution in [0.25, 0.3) is 0 Å². The van der Waals surface area contributed by atoms with E-state index in [1.54, 1.807) is 19.3 Å². The lowest BCUT2D eigenvalue weighted by molar-refractivity contribution is -0.0505. The van der Waals surface area contributed by atoms with E-state index in [1.165, 1.54) is 6.07 Å². The lowest BCUT2D eigenvalue weighted by atomic mass is 10.1. The predicted molar refractivity (Wildman–Crippen MR) is 129 cm³/mol. The van der Waals surface area contributed by atoms with Gasteiger partial charge >= 0.3 is 6.61 Å². The third-order valence-electron chi connectivity index (χ3n) is 4.80. The smallest absolute Gasteiger partial charge is 0.387 e. The molecular weight excluding hydrogens is 547 g/mol. The number of fused-ring (bicyclic) bond motifs is 1. The summed E-state index contributed by atoms with van der Waals surface area (Å²) in [5.41, 5.74) is 2.70. The lowest BCUT2D eigenvalue weighted by Gasteiger charge is -2.15. The van der Waals surface area contributed by atoms with Crippen molar-refractivity contribution in [3.05, 3.63) is 71.5 Å². The van der Waals surface area contributed by atoms with Crippen LogP contribution >= 0.6 is 24.0 Å². The van der Waals surface area contributed by atoms with Crippen molar-refractivity contribution in [2.45, 2.75) is 26.2 Å². The van der Waals surface area contributed by atoms with Crippen molar-refractivity contribution >= 4 is 29.9 Å². The molecule has 3 aromatic rings. The Morgan fingerprint density at radius 3 is 2.61 bits per heavy atom. The van der Waals surface area contributed by atoms with Gasteiger partial charge < -0.3 is 24.8 Å². The van der Waals surface area contributed by atoms with Gasteiger partial charge in [-0.1, -0.05) is 24.3 Å². The van der Waals surface area contributed by atoms with Crippen molar-refractivity contribution < 1.29 is 23.0 Å². The number of hydrogen-bond acceptors (Lipinski definition) is 5.